The maximum absolute atomic E-state index is 12.8. The minimum absolute atomic E-state index is 0.200. The first-order valence-electron chi connectivity index (χ1n) is 6.06. The Hall–Kier alpha value is -1.85. The molecule has 0 radical (unpaired) electrons. The number of hydrogen-bond acceptors (Lipinski definition) is 3. The Balaban J connectivity index is 2.40. The monoisotopic (exact) mass is 408 g/mol. The topological polar surface area (TPSA) is 62.9 Å². The van der Waals surface area contributed by atoms with E-state index in [0.717, 1.165) is 8.96 Å². The van der Waals surface area contributed by atoms with Crippen LogP contribution < -0.4 is 0 Å². The van der Waals surface area contributed by atoms with Crippen LogP contribution in [0.5, 0.6) is 0 Å². The normalized spacial score (nSPS) is 11.4. The van der Waals surface area contributed by atoms with Crippen molar-refractivity contribution in [3.63, 3.8) is 0 Å². The molecule has 0 bridgehead atoms. The molecular formula is C15H9IN2O2S. The molecule has 0 aliphatic rings. The van der Waals surface area contributed by atoms with Crippen molar-refractivity contribution in [1.29, 1.82) is 5.26 Å². The number of nitrogens with zero attached hydrogens (tertiary/aromatic N) is 2. The molecule has 0 amide bonds. The van der Waals surface area contributed by atoms with Gasteiger partial charge >= 0.3 is 0 Å². The summed E-state index contributed by atoms with van der Waals surface area (Å²) in [5, 5.41) is 10.0. The molecule has 3 aromatic rings. The molecule has 4 nitrogen and oxygen atoms in total. The Bertz CT molecular complexity index is 970. The zero-order chi connectivity index (χ0) is 15.0. The van der Waals surface area contributed by atoms with Crippen molar-refractivity contribution < 1.29 is 8.42 Å². The summed E-state index contributed by atoms with van der Waals surface area (Å²) in [5.74, 6) is 0. The fourth-order valence-electron chi connectivity index (χ4n) is 2.20. The molecule has 2 aromatic carbocycles. The molecule has 21 heavy (non-hydrogen) atoms. The summed E-state index contributed by atoms with van der Waals surface area (Å²) in [6.45, 7) is 0. The second-order valence-electron chi connectivity index (χ2n) is 4.40. The van der Waals surface area contributed by atoms with Crippen LogP contribution in [0.4, 0.5) is 0 Å². The Labute approximate surface area is 135 Å². The van der Waals surface area contributed by atoms with Crippen LogP contribution in [0.3, 0.4) is 0 Å². The third-order valence-corrected chi connectivity index (χ3v) is 5.70. The van der Waals surface area contributed by atoms with Crippen LogP contribution in [0.25, 0.3) is 10.9 Å². The molecule has 0 spiro atoms. The van der Waals surface area contributed by atoms with E-state index in [1.807, 2.05) is 6.07 Å². The van der Waals surface area contributed by atoms with Crippen molar-refractivity contribution in [2.45, 2.75) is 4.90 Å². The van der Waals surface area contributed by atoms with E-state index in [2.05, 4.69) is 28.7 Å². The fourth-order valence-corrected chi connectivity index (χ4v) is 4.51. The van der Waals surface area contributed by atoms with E-state index in [1.165, 1.54) is 3.97 Å². The molecule has 0 aliphatic carbocycles. The molecule has 3 rings (SSSR count). The molecule has 1 aromatic heterocycles. The van der Waals surface area contributed by atoms with Crippen molar-refractivity contribution >= 4 is 43.5 Å². The standard InChI is InChI=1S/C15H9IN2O2S/c16-14-10-18(15-11(9-17)5-4-8-13(14)15)21(19,20)12-6-2-1-3-7-12/h1-8,10H. The second-order valence-corrected chi connectivity index (χ2v) is 7.38. The van der Waals surface area contributed by atoms with E-state index in [9.17, 15) is 13.7 Å². The van der Waals surface area contributed by atoms with Crippen molar-refractivity contribution in [3.8, 4) is 6.07 Å². The molecule has 0 saturated carbocycles. The fraction of sp³-hybridized carbons (Fsp3) is 0. The lowest BCUT2D eigenvalue weighted by atomic mass is 10.2. The van der Waals surface area contributed by atoms with Crippen LogP contribution in [0.1, 0.15) is 5.56 Å². The van der Waals surface area contributed by atoms with Crippen molar-refractivity contribution in [3.05, 3.63) is 63.9 Å². The molecule has 0 aliphatic heterocycles. The number of para-hydroxylation sites is 1. The van der Waals surface area contributed by atoms with Gasteiger partial charge in [-0.15, -0.1) is 0 Å². The quantitative estimate of drug-likeness (QED) is 0.611. The van der Waals surface area contributed by atoms with Crippen LogP contribution >= 0.6 is 22.6 Å². The van der Waals surface area contributed by atoms with E-state index < -0.39 is 10.0 Å². The van der Waals surface area contributed by atoms with E-state index in [4.69, 9.17) is 0 Å². The molecule has 0 saturated heterocycles. The zero-order valence-electron chi connectivity index (χ0n) is 10.7. The largest absolute Gasteiger partial charge is 0.268 e. The van der Waals surface area contributed by atoms with Gasteiger partial charge in [0.05, 0.1) is 16.0 Å². The number of nitriles is 1. The molecule has 1 heterocycles. The SMILES string of the molecule is N#Cc1cccc2c(I)cn(S(=O)(=O)c3ccccc3)c12. The van der Waals surface area contributed by atoms with Crippen LogP contribution in [-0.4, -0.2) is 12.4 Å². The van der Waals surface area contributed by atoms with Crippen molar-refractivity contribution in [2.75, 3.05) is 0 Å². The van der Waals surface area contributed by atoms with Crippen LogP contribution in [0.2, 0.25) is 0 Å². The van der Waals surface area contributed by atoms with Crippen LogP contribution in [0, 0.1) is 14.9 Å². The van der Waals surface area contributed by atoms with Gasteiger partial charge in [-0.2, -0.15) is 5.26 Å². The van der Waals surface area contributed by atoms with E-state index >= 15 is 0 Å². The Morgan fingerprint density at radius 3 is 2.43 bits per heavy atom. The summed E-state index contributed by atoms with van der Waals surface area (Å²) in [5.41, 5.74) is 0.767. The maximum atomic E-state index is 12.8. The van der Waals surface area contributed by atoms with Gasteiger partial charge in [0.25, 0.3) is 10.0 Å². The highest BCUT2D eigenvalue weighted by molar-refractivity contribution is 14.1. The lowest BCUT2D eigenvalue weighted by Gasteiger charge is -2.08. The number of rotatable bonds is 2. The predicted molar refractivity (Wildman–Crippen MR) is 88.4 cm³/mol. The van der Waals surface area contributed by atoms with Gasteiger partial charge in [0.15, 0.2) is 0 Å². The number of hydrogen-bond donors (Lipinski definition) is 0. The molecule has 0 N–H and O–H groups in total. The Morgan fingerprint density at radius 2 is 1.76 bits per heavy atom. The van der Waals surface area contributed by atoms with Crippen LogP contribution in [0.15, 0.2) is 59.6 Å². The molecule has 104 valence electrons. The average Bonchev–Trinajstić information content (AvgIpc) is 2.86. The predicted octanol–water partition coefficient (Wildman–Crippen LogP) is 3.35. The number of aromatic nitrogens is 1. The Morgan fingerprint density at radius 1 is 1.05 bits per heavy atom. The minimum Gasteiger partial charge on any atom is -0.239 e. The number of benzene rings is 2. The van der Waals surface area contributed by atoms with Crippen molar-refractivity contribution in [1.82, 2.24) is 3.97 Å². The van der Waals surface area contributed by atoms with Crippen molar-refractivity contribution in [2.24, 2.45) is 0 Å². The van der Waals surface area contributed by atoms with Gasteiger partial charge in [0.2, 0.25) is 0 Å². The summed E-state index contributed by atoms with van der Waals surface area (Å²) in [6.07, 6.45) is 1.55. The van der Waals surface area contributed by atoms with Gasteiger partial charge in [-0.1, -0.05) is 30.3 Å². The number of halogens is 1. The lowest BCUT2D eigenvalue weighted by molar-refractivity contribution is 0.589. The van der Waals surface area contributed by atoms with E-state index in [0.29, 0.717) is 11.1 Å². The zero-order valence-corrected chi connectivity index (χ0v) is 13.7. The third kappa shape index (κ3) is 2.22. The summed E-state index contributed by atoms with van der Waals surface area (Å²) < 4.78 is 27.5. The van der Waals surface area contributed by atoms with E-state index in [1.54, 1.807) is 48.7 Å². The first-order chi connectivity index (χ1) is 10.1. The molecule has 0 atom stereocenters. The van der Waals surface area contributed by atoms with Crippen LogP contribution in [-0.2, 0) is 10.0 Å². The number of fused-ring (bicyclic) bond motifs is 1. The Kier molecular flexibility index (Phi) is 3.47. The van der Waals surface area contributed by atoms with Gasteiger partial charge in [0.1, 0.15) is 6.07 Å². The summed E-state index contributed by atoms with van der Waals surface area (Å²) in [7, 11) is -3.72. The summed E-state index contributed by atoms with van der Waals surface area (Å²) in [6, 6.07) is 15.4. The van der Waals surface area contributed by atoms with Gasteiger partial charge in [-0.05, 0) is 40.8 Å². The summed E-state index contributed by atoms with van der Waals surface area (Å²) >= 11 is 2.08. The summed E-state index contributed by atoms with van der Waals surface area (Å²) in [4.78, 5) is 0.200. The first-order valence-corrected chi connectivity index (χ1v) is 8.58. The molecule has 0 unspecified atom stereocenters. The highest BCUT2D eigenvalue weighted by Gasteiger charge is 2.22. The van der Waals surface area contributed by atoms with Gasteiger partial charge in [-0.3, -0.25) is 0 Å². The average molecular weight is 408 g/mol. The highest BCUT2D eigenvalue weighted by atomic mass is 127. The third-order valence-electron chi connectivity index (χ3n) is 3.16. The second kappa shape index (κ2) is 5.16. The first kappa shape index (κ1) is 14.1. The van der Waals surface area contributed by atoms with E-state index in [-0.39, 0.29) is 4.90 Å². The highest BCUT2D eigenvalue weighted by Crippen LogP contribution is 2.29. The molecule has 0 fully saturated rings. The lowest BCUT2D eigenvalue weighted by Crippen LogP contribution is -2.12. The maximum Gasteiger partial charge on any atom is 0.268 e. The molecule has 6 heteroatoms. The minimum atomic E-state index is -3.72. The molecular weight excluding hydrogens is 399 g/mol. The van der Waals surface area contributed by atoms with Gasteiger partial charge < -0.3 is 0 Å². The smallest absolute Gasteiger partial charge is 0.239 e. The van der Waals surface area contributed by atoms with Gasteiger partial charge in [-0.25, -0.2) is 12.4 Å². The van der Waals surface area contributed by atoms with Gasteiger partial charge in [0, 0.05) is 15.2 Å².